The van der Waals surface area contributed by atoms with Crippen LogP contribution >= 0.6 is 0 Å². The summed E-state index contributed by atoms with van der Waals surface area (Å²) in [6, 6.07) is 12.6. The molecule has 8 heteroatoms. The number of fused-ring (bicyclic) bond motifs is 1. The maximum atomic E-state index is 9.94. The average molecular weight is 435 g/mol. The fourth-order valence-electron chi connectivity index (χ4n) is 4.19. The van der Waals surface area contributed by atoms with Crippen molar-refractivity contribution in [3.05, 3.63) is 47.7 Å². The average Bonchev–Trinajstić information content (AvgIpc) is 3.29. The van der Waals surface area contributed by atoms with Gasteiger partial charge in [0, 0.05) is 30.4 Å². The molecule has 0 atom stereocenters. The van der Waals surface area contributed by atoms with E-state index in [9.17, 15) is 5.26 Å². The number of anilines is 3. The van der Waals surface area contributed by atoms with E-state index in [1.165, 1.54) is 0 Å². The zero-order chi connectivity index (χ0) is 22.5. The van der Waals surface area contributed by atoms with Gasteiger partial charge in [-0.15, -0.1) is 0 Å². The summed E-state index contributed by atoms with van der Waals surface area (Å²) >= 11 is 0. The number of ether oxygens (including phenoxy) is 2. The van der Waals surface area contributed by atoms with E-state index in [1.807, 2.05) is 37.3 Å². The Balaban J connectivity index is 1.63. The lowest BCUT2D eigenvalue weighted by atomic mass is 9.91. The van der Waals surface area contributed by atoms with Crippen LogP contribution in [-0.4, -0.2) is 42.0 Å². The van der Waals surface area contributed by atoms with Gasteiger partial charge in [0.05, 0.1) is 24.0 Å². The Bertz CT molecular complexity index is 1090. The third kappa shape index (κ3) is 4.64. The molecular weight excluding hydrogens is 404 g/mol. The van der Waals surface area contributed by atoms with Crippen LogP contribution in [0.4, 0.5) is 17.2 Å². The monoisotopic (exact) mass is 434 g/mol. The number of hydrogen-bond donors (Lipinski definition) is 3. The molecule has 2 heterocycles. The molecule has 8 nitrogen and oxygen atoms in total. The molecule has 0 bridgehead atoms. The number of nitriles is 1. The number of aromatic nitrogens is 2. The quantitative estimate of drug-likeness (QED) is 0.460. The highest BCUT2D eigenvalue weighted by Gasteiger charge is 2.23. The first-order valence-corrected chi connectivity index (χ1v) is 11.0. The number of nitrogens with one attached hydrogen (secondary N) is 2. The van der Waals surface area contributed by atoms with Crippen molar-refractivity contribution < 1.29 is 9.47 Å². The topological polar surface area (TPSA) is 110 Å². The molecule has 0 unspecified atom stereocenters. The fourth-order valence-corrected chi connectivity index (χ4v) is 4.19. The van der Waals surface area contributed by atoms with Gasteiger partial charge in [-0.25, -0.2) is 4.52 Å². The van der Waals surface area contributed by atoms with Crippen LogP contribution in [0.15, 0.2) is 36.5 Å². The van der Waals surface area contributed by atoms with Gasteiger partial charge in [0.1, 0.15) is 29.8 Å². The van der Waals surface area contributed by atoms with Gasteiger partial charge in [-0.2, -0.15) is 10.4 Å². The van der Waals surface area contributed by atoms with E-state index in [0.29, 0.717) is 24.8 Å². The van der Waals surface area contributed by atoms with Gasteiger partial charge in [-0.1, -0.05) is 0 Å². The Labute approximate surface area is 188 Å². The molecule has 1 saturated carbocycles. The van der Waals surface area contributed by atoms with Gasteiger partial charge in [0.2, 0.25) is 0 Å². The molecule has 2 aromatic heterocycles. The first kappa shape index (κ1) is 21.9. The van der Waals surface area contributed by atoms with Crippen LogP contribution < -0.4 is 21.1 Å². The molecule has 0 spiro atoms. The van der Waals surface area contributed by atoms with Crippen LogP contribution in [-0.2, 0) is 4.74 Å². The summed E-state index contributed by atoms with van der Waals surface area (Å²) < 4.78 is 12.5. The zero-order valence-electron chi connectivity index (χ0n) is 18.6. The Morgan fingerprint density at radius 2 is 1.91 bits per heavy atom. The fraction of sp³-hybridized carbons (Fsp3) is 0.417. The molecule has 0 saturated heterocycles. The maximum Gasteiger partial charge on any atom is 0.137 e. The van der Waals surface area contributed by atoms with Gasteiger partial charge < -0.3 is 25.8 Å². The van der Waals surface area contributed by atoms with E-state index in [4.69, 9.17) is 15.2 Å². The van der Waals surface area contributed by atoms with Gasteiger partial charge in [-0.05, 0) is 62.9 Å². The van der Waals surface area contributed by atoms with Crippen molar-refractivity contribution >= 4 is 22.7 Å². The normalized spacial score (nSPS) is 18.3. The lowest BCUT2D eigenvalue weighted by molar-refractivity contribution is 0.146. The molecule has 1 aromatic carbocycles. The summed E-state index contributed by atoms with van der Waals surface area (Å²) in [6.45, 7) is 3.07. The first-order chi connectivity index (χ1) is 15.6. The number of hydrogen-bond acceptors (Lipinski definition) is 7. The summed E-state index contributed by atoms with van der Waals surface area (Å²) in [7, 11) is 1.65. The summed E-state index contributed by atoms with van der Waals surface area (Å²) in [5.41, 5.74) is 10.2. The molecule has 0 radical (unpaired) electrons. The second-order valence-corrected chi connectivity index (χ2v) is 8.21. The Morgan fingerprint density at radius 3 is 2.59 bits per heavy atom. The summed E-state index contributed by atoms with van der Waals surface area (Å²) in [5, 5.41) is 21.5. The third-order valence-electron chi connectivity index (χ3n) is 6.00. The molecule has 3 aromatic rings. The van der Waals surface area contributed by atoms with Crippen LogP contribution in [0.25, 0.3) is 5.52 Å². The van der Waals surface area contributed by atoms with Crippen molar-refractivity contribution in [1.82, 2.24) is 9.61 Å². The molecule has 168 valence electrons. The molecular formula is C24H30N6O2. The van der Waals surface area contributed by atoms with Crippen LogP contribution in [0.1, 0.15) is 36.8 Å². The van der Waals surface area contributed by atoms with Crippen molar-refractivity contribution in [3.8, 4) is 11.8 Å². The molecule has 4 rings (SSSR count). The predicted molar refractivity (Wildman–Crippen MR) is 126 cm³/mol. The second kappa shape index (κ2) is 9.90. The molecule has 0 aliphatic heterocycles. The number of rotatable bonds is 8. The third-order valence-corrected chi connectivity index (χ3v) is 6.00. The largest absolute Gasteiger partial charge is 0.491 e. The predicted octanol–water partition coefficient (Wildman–Crippen LogP) is 3.97. The van der Waals surface area contributed by atoms with Crippen LogP contribution in [0.5, 0.6) is 5.75 Å². The molecule has 0 amide bonds. The minimum absolute atomic E-state index is 0.278. The first-order valence-electron chi connectivity index (χ1n) is 11.0. The van der Waals surface area contributed by atoms with Gasteiger partial charge in [-0.3, -0.25) is 0 Å². The maximum absolute atomic E-state index is 9.94. The van der Waals surface area contributed by atoms with Gasteiger partial charge >= 0.3 is 0 Å². The number of nitrogens with two attached hydrogens (primary N) is 1. The van der Waals surface area contributed by atoms with Crippen molar-refractivity contribution in [2.24, 2.45) is 5.73 Å². The number of methoxy groups -OCH3 is 1. The van der Waals surface area contributed by atoms with Crippen molar-refractivity contribution in [2.45, 2.75) is 44.7 Å². The minimum Gasteiger partial charge on any atom is -0.491 e. The summed E-state index contributed by atoms with van der Waals surface area (Å²) in [6.07, 6.45) is 5.72. The summed E-state index contributed by atoms with van der Waals surface area (Å²) in [4.78, 5) is 0. The van der Waals surface area contributed by atoms with Crippen LogP contribution in [0.3, 0.4) is 0 Å². The van der Waals surface area contributed by atoms with Crippen molar-refractivity contribution in [1.29, 1.82) is 5.26 Å². The van der Waals surface area contributed by atoms with E-state index in [0.717, 1.165) is 59.7 Å². The number of benzene rings is 1. The highest BCUT2D eigenvalue weighted by atomic mass is 16.5. The number of nitrogens with zero attached hydrogens (tertiary/aromatic N) is 3. The van der Waals surface area contributed by atoms with E-state index in [1.54, 1.807) is 17.8 Å². The van der Waals surface area contributed by atoms with Crippen molar-refractivity contribution in [3.63, 3.8) is 0 Å². The Morgan fingerprint density at radius 1 is 1.16 bits per heavy atom. The Kier molecular flexibility index (Phi) is 6.78. The molecule has 32 heavy (non-hydrogen) atoms. The van der Waals surface area contributed by atoms with E-state index in [-0.39, 0.29) is 6.04 Å². The Hall–Kier alpha value is -3.28. The lowest BCUT2D eigenvalue weighted by Crippen LogP contribution is -2.33. The van der Waals surface area contributed by atoms with Gasteiger partial charge in [0.25, 0.3) is 0 Å². The zero-order valence-corrected chi connectivity index (χ0v) is 18.6. The highest BCUT2D eigenvalue weighted by molar-refractivity contribution is 5.82. The molecule has 4 N–H and O–H groups in total. The van der Waals surface area contributed by atoms with E-state index in [2.05, 4.69) is 21.8 Å². The minimum atomic E-state index is 0.278. The SMILES string of the molecule is COCCOc1ccc(Nc2c(C)c(NC3CCC(N)CC3)c(C#N)c3ccnn23)cc1. The smallest absolute Gasteiger partial charge is 0.137 e. The van der Waals surface area contributed by atoms with Crippen LogP contribution in [0, 0.1) is 18.3 Å². The van der Waals surface area contributed by atoms with Crippen LogP contribution in [0.2, 0.25) is 0 Å². The highest BCUT2D eigenvalue weighted by Crippen LogP contribution is 2.35. The molecule has 1 aliphatic rings. The number of pyridine rings is 1. The van der Waals surface area contributed by atoms with Crippen molar-refractivity contribution in [2.75, 3.05) is 31.0 Å². The molecule has 1 aliphatic carbocycles. The molecule has 1 fully saturated rings. The van der Waals surface area contributed by atoms with Gasteiger partial charge in [0.15, 0.2) is 0 Å². The van der Waals surface area contributed by atoms with E-state index >= 15 is 0 Å². The standard InChI is InChI=1S/C24H30N6O2/c1-16-23(28-18-5-3-17(26)4-6-18)21(15-25)22-11-12-27-30(22)24(16)29-19-7-9-20(10-8-19)32-14-13-31-2/h7-12,17-18,28-29H,3-6,13-14,26H2,1-2H3. The lowest BCUT2D eigenvalue weighted by Gasteiger charge is -2.29. The second-order valence-electron chi connectivity index (χ2n) is 8.21. The summed E-state index contributed by atoms with van der Waals surface area (Å²) in [5.74, 6) is 1.61. The van der Waals surface area contributed by atoms with E-state index < -0.39 is 0 Å².